The van der Waals surface area contributed by atoms with Gasteiger partial charge in [-0.2, -0.15) is 0 Å². The van der Waals surface area contributed by atoms with Crippen molar-refractivity contribution in [3.05, 3.63) is 84.2 Å². The average Bonchev–Trinajstić information content (AvgIpc) is 3.97. The van der Waals surface area contributed by atoms with Gasteiger partial charge < -0.3 is 18.9 Å². The Morgan fingerprint density at radius 3 is 1.13 bits per heavy atom. The van der Waals surface area contributed by atoms with Crippen LogP contribution in [0, 0.1) is 0 Å². The van der Waals surface area contributed by atoms with E-state index in [0.717, 1.165) is 130 Å². The van der Waals surface area contributed by atoms with E-state index in [2.05, 4.69) is 37.1 Å². The lowest BCUT2D eigenvalue weighted by Gasteiger charge is -2.06. The van der Waals surface area contributed by atoms with Crippen LogP contribution in [0.3, 0.4) is 0 Å². The number of allylic oxidation sites excluding steroid dienone is 4. The van der Waals surface area contributed by atoms with Crippen molar-refractivity contribution in [1.29, 1.82) is 0 Å². The lowest BCUT2D eigenvalue weighted by Crippen LogP contribution is -1.99. The highest BCUT2D eigenvalue weighted by Gasteiger charge is 2.24. The summed E-state index contributed by atoms with van der Waals surface area (Å²) >= 11 is 6.48. The highest BCUT2D eigenvalue weighted by atomic mass is 32.1. The summed E-state index contributed by atoms with van der Waals surface area (Å²) in [5, 5.41) is 7.64. The fourth-order valence-corrected chi connectivity index (χ4v) is 9.03. The molecule has 8 nitrogen and oxygen atoms in total. The first-order valence-electron chi connectivity index (χ1n) is 18.3. The Kier molecular flexibility index (Phi) is 20.5. The maximum atomic E-state index is 6.20. The van der Waals surface area contributed by atoms with Gasteiger partial charge in [-0.25, -0.2) is 19.9 Å². The van der Waals surface area contributed by atoms with E-state index >= 15 is 0 Å². The van der Waals surface area contributed by atoms with E-state index in [9.17, 15) is 0 Å². The summed E-state index contributed by atoms with van der Waals surface area (Å²) in [4.78, 5) is 22.1. The van der Waals surface area contributed by atoms with Crippen LogP contribution in [0.2, 0.25) is 0 Å². The van der Waals surface area contributed by atoms with E-state index in [0.29, 0.717) is 52.9 Å². The van der Waals surface area contributed by atoms with Crippen LogP contribution < -0.4 is 0 Å². The quantitative estimate of drug-likeness (QED) is 0.0368. The molecule has 0 aromatic carbocycles. The van der Waals surface area contributed by atoms with Crippen molar-refractivity contribution in [2.75, 3.05) is 26.4 Å². The Morgan fingerprint density at radius 1 is 0.442 bits per heavy atom. The van der Waals surface area contributed by atoms with E-state index in [1.54, 1.807) is 45.3 Å². The second-order valence-electron chi connectivity index (χ2n) is 12.2. The summed E-state index contributed by atoms with van der Waals surface area (Å²) in [5.41, 5.74) is 3.63. The maximum Gasteiger partial charge on any atom is 0.153 e. The van der Waals surface area contributed by atoms with Crippen molar-refractivity contribution in [2.24, 2.45) is 0 Å². The molecule has 282 valence electrons. The van der Waals surface area contributed by atoms with Crippen LogP contribution in [0.15, 0.2) is 61.4 Å². The van der Waals surface area contributed by atoms with Gasteiger partial charge in [0.25, 0.3) is 0 Å². The van der Waals surface area contributed by atoms with Gasteiger partial charge in [0.1, 0.15) is 0 Å². The molecule has 0 aliphatic rings. The first-order valence-corrected chi connectivity index (χ1v) is 21.7. The van der Waals surface area contributed by atoms with Crippen molar-refractivity contribution >= 4 is 45.3 Å². The minimum atomic E-state index is 0.409. The average molecular weight is 783 g/mol. The van der Waals surface area contributed by atoms with Gasteiger partial charge in [0.05, 0.1) is 59.0 Å². The van der Waals surface area contributed by atoms with Crippen LogP contribution in [-0.2, 0) is 45.4 Å². The van der Waals surface area contributed by atoms with Gasteiger partial charge in [-0.05, 0) is 77.0 Å². The number of nitrogens with zero attached hydrogens (tertiary/aromatic N) is 4. The molecule has 0 aliphatic heterocycles. The molecule has 52 heavy (non-hydrogen) atoms. The molecule has 12 heteroatoms. The molecule has 0 radical (unpaired) electrons. The maximum absolute atomic E-state index is 6.20. The van der Waals surface area contributed by atoms with Crippen molar-refractivity contribution < 1.29 is 18.9 Å². The fraction of sp³-hybridized carbons (Fsp3) is 0.500. The normalized spacial score (nSPS) is 11.3. The molecule has 0 fully saturated rings. The Balaban J connectivity index is 1.56. The van der Waals surface area contributed by atoms with E-state index < -0.39 is 0 Å². The van der Waals surface area contributed by atoms with Gasteiger partial charge in [0, 0.05) is 37.2 Å². The number of aromatic nitrogens is 4. The van der Waals surface area contributed by atoms with Crippen molar-refractivity contribution in [1.82, 2.24) is 19.9 Å². The number of hydrogen-bond acceptors (Lipinski definition) is 12. The molecule has 4 aromatic rings. The predicted octanol–water partition coefficient (Wildman–Crippen LogP) is 12.0. The van der Waals surface area contributed by atoms with E-state index in [1.165, 1.54) is 0 Å². The van der Waals surface area contributed by atoms with Crippen molar-refractivity contribution in [3.63, 3.8) is 0 Å². The first-order chi connectivity index (χ1) is 25.7. The number of rotatable bonds is 31. The third-order valence-electron chi connectivity index (χ3n) is 7.84. The second-order valence-corrected chi connectivity index (χ2v) is 15.9. The fourth-order valence-electron chi connectivity index (χ4n) is 5.04. The van der Waals surface area contributed by atoms with Crippen LogP contribution >= 0.6 is 45.3 Å². The number of hydrogen-bond donors (Lipinski definition) is 0. The predicted molar refractivity (Wildman–Crippen MR) is 220 cm³/mol. The zero-order valence-electron chi connectivity index (χ0n) is 30.5. The molecule has 0 atom stereocenters. The molecule has 0 unspecified atom stereocenters. The smallest absolute Gasteiger partial charge is 0.153 e. The van der Waals surface area contributed by atoms with Crippen molar-refractivity contribution in [3.8, 4) is 29.8 Å². The molecule has 4 heterocycles. The summed E-state index contributed by atoms with van der Waals surface area (Å²) in [6.45, 7) is 19.8. The number of thiazole rings is 4. The highest BCUT2D eigenvalue weighted by Crippen LogP contribution is 2.44. The molecule has 0 amide bonds. The summed E-state index contributed by atoms with van der Waals surface area (Å²) in [5.74, 6) is 0. The van der Waals surface area contributed by atoms with E-state index in [-0.39, 0.29) is 0 Å². The first kappa shape index (κ1) is 42.1. The summed E-state index contributed by atoms with van der Waals surface area (Å²) in [6, 6.07) is 0. The zero-order valence-corrected chi connectivity index (χ0v) is 33.8. The molecule has 4 rings (SSSR count). The second kappa shape index (κ2) is 25.4. The highest BCUT2D eigenvalue weighted by molar-refractivity contribution is 7.27. The van der Waals surface area contributed by atoms with Crippen LogP contribution in [0.4, 0.5) is 0 Å². The molecule has 0 saturated heterocycles. The molecule has 0 spiro atoms. The summed E-state index contributed by atoms with van der Waals surface area (Å²) < 4.78 is 24.2. The summed E-state index contributed by atoms with van der Waals surface area (Å²) in [6.07, 6.45) is 20.1. The Labute approximate surface area is 326 Å². The molecular weight excluding hydrogens is 729 g/mol. The molecular formula is C40H54N4O4S4. The molecule has 0 bridgehead atoms. The zero-order chi connectivity index (χ0) is 36.6. The molecule has 0 saturated carbocycles. The van der Waals surface area contributed by atoms with Crippen LogP contribution in [0.25, 0.3) is 29.8 Å². The van der Waals surface area contributed by atoms with E-state index in [4.69, 9.17) is 38.9 Å². The van der Waals surface area contributed by atoms with Gasteiger partial charge in [0.15, 0.2) is 20.0 Å². The van der Waals surface area contributed by atoms with Gasteiger partial charge >= 0.3 is 0 Å². The van der Waals surface area contributed by atoms with Gasteiger partial charge in [-0.15, -0.1) is 71.7 Å². The molecule has 0 aliphatic carbocycles. The molecule has 0 N–H and O–H groups in total. The SMILES string of the molecule is C=CCCCCOCc1csc(-c2nc(COCCCCC=C)c(-c3sc(-c4nc(COCCCCC=C)cs4)nc3COCCCCC=C)s2)n1. The van der Waals surface area contributed by atoms with Gasteiger partial charge in [-0.3, -0.25) is 0 Å². The van der Waals surface area contributed by atoms with Crippen LogP contribution in [0.1, 0.15) is 99.8 Å². The lowest BCUT2D eigenvalue weighted by atomic mass is 10.2. The Hall–Kier alpha value is -2.68. The summed E-state index contributed by atoms with van der Waals surface area (Å²) in [7, 11) is 0. The Bertz CT molecular complexity index is 1510. The standard InChI is InChI=1S/C40H54N4O4S4/c1-5-9-13-17-21-45-25-31-29-49-37(41-31)39-43-33(27-47-23-19-15-11-7-3)35(51-39)36-34(28-48-24-20-16-12-8-4)44-40(52-36)38-42-32(30-50-38)26-46-22-18-14-10-6-2/h5-8,29-30H,1-4,9-28H2. The van der Waals surface area contributed by atoms with Gasteiger partial charge in [0.2, 0.25) is 0 Å². The third-order valence-corrected chi connectivity index (χ3v) is 12.3. The van der Waals surface area contributed by atoms with Crippen LogP contribution in [-0.4, -0.2) is 46.4 Å². The largest absolute Gasteiger partial charge is 0.375 e. The minimum Gasteiger partial charge on any atom is -0.375 e. The molecule has 4 aromatic heterocycles. The van der Waals surface area contributed by atoms with E-state index in [1.807, 2.05) is 24.3 Å². The third kappa shape index (κ3) is 14.6. The van der Waals surface area contributed by atoms with Gasteiger partial charge in [-0.1, -0.05) is 24.3 Å². The number of ether oxygens (including phenoxy) is 4. The Morgan fingerprint density at radius 2 is 0.788 bits per heavy atom. The lowest BCUT2D eigenvalue weighted by molar-refractivity contribution is 0.114. The minimum absolute atomic E-state index is 0.409. The monoisotopic (exact) mass is 782 g/mol. The van der Waals surface area contributed by atoms with Crippen LogP contribution in [0.5, 0.6) is 0 Å². The topological polar surface area (TPSA) is 88.5 Å². The van der Waals surface area contributed by atoms with Crippen molar-refractivity contribution in [2.45, 2.75) is 103 Å². The number of unbranched alkanes of at least 4 members (excludes halogenated alkanes) is 8.